The first-order valence-corrected chi connectivity index (χ1v) is 15.6. The molecule has 2 aromatic carbocycles. The van der Waals surface area contributed by atoms with Crippen LogP contribution >= 0.6 is 11.6 Å². The number of nitrogens with zero attached hydrogens (tertiary/aromatic N) is 3. The molecule has 0 radical (unpaired) electrons. The molecule has 2 atom stereocenters. The third-order valence-corrected chi connectivity index (χ3v) is 10.5. The van der Waals surface area contributed by atoms with E-state index < -0.39 is 33.3 Å². The number of rotatable bonds is 9. The van der Waals surface area contributed by atoms with Crippen LogP contribution in [0.2, 0.25) is 5.02 Å². The summed E-state index contributed by atoms with van der Waals surface area (Å²) in [4.78, 5) is 12.3. The fourth-order valence-electron chi connectivity index (χ4n) is 6.21. The van der Waals surface area contributed by atoms with Crippen LogP contribution < -0.4 is 0 Å². The Kier molecular flexibility index (Phi) is 8.49. The molecule has 0 saturated heterocycles. The van der Waals surface area contributed by atoms with Gasteiger partial charge >= 0.3 is 12.1 Å². The van der Waals surface area contributed by atoms with Crippen molar-refractivity contribution in [3.63, 3.8) is 0 Å². The lowest BCUT2D eigenvalue weighted by Crippen LogP contribution is -2.44. The Balaban J connectivity index is 1.42. The summed E-state index contributed by atoms with van der Waals surface area (Å²) in [6, 6.07) is 10.4. The van der Waals surface area contributed by atoms with Gasteiger partial charge in [-0.2, -0.15) is 18.3 Å². The Hall–Kier alpha value is -3.22. The fourth-order valence-corrected chi connectivity index (χ4v) is 7.76. The largest absolute Gasteiger partial charge is 0.465 e. The lowest BCUT2D eigenvalue weighted by Gasteiger charge is -2.38. The molecule has 230 valence electrons. The quantitative estimate of drug-likeness (QED) is 0.204. The number of sulfonamides is 1. The second-order valence-corrected chi connectivity index (χ2v) is 13.6. The van der Waals surface area contributed by atoms with Gasteiger partial charge in [0.2, 0.25) is 10.0 Å². The molecule has 0 aliphatic heterocycles. The minimum absolute atomic E-state index is 0.0145. The van der Waals surface area contributed by atoms with E-state index in [1.165, 1.54) is 31.4 Å². The number of ether oxygens (including phenoxy) is 1. The number of carbonyl (C=O) groups excluding carboxylic acids is 1. The fraction of sp³-hybridized carbons (Fsp3) is 0.400. The molecule has 1 fully saturated rings. The highest BCUT2D eigenvalue weighted by Crippen LogP contribution is 2.53. The molecule has 0 bridgehead atoms. The summed E-state index contributed by atoms with van der Waals surface area (Å²) < 4.78 is 87.5. The molecule has 2 aliphatic carbocycles. The number of hydrogen-bond donors (Lipinski definition) is 0. The number of esters is 1. The number of fused-ring (bicyclic) bond motifs is 2. The monoisotopic (exact) mass is 639 g/mol. The number of alkyl halides is 3. The molecule has 13 heteroatoms. The molecule has 1 heterocycles. The van der Waals surface area contributed by atoms with Crippen molar-refractivity contribution in [2.75, 3.05) is 26.0 Å². The van der Waals surface area contributed by atoms with Gasteiger partial charge < -0.3 is 4.74 Å². The lowest BCUT2D eigenvalue weighted by atomic mass is 9.70. The van der Waals surface area contributed by atoms with Crippen molar-refractivity contribution < 1.29 is 35.5 Å². The van der Waals surface area contributed by atoms with Crippen LogP contribution in [-0.2, 0) is 27.6 Å². The van der Waals surface area contributed by atoms with Gasteiger partial charge in [0.15, 0.2) is 5.75 Å². The molecule has 3 aromatic rings. The van der Waals surface area contributed by atoms with E-state index in [1.54, 1.807) is 29.1 Å². The van der Waals surface area contributed by atoms with E-state index in [0.717, 1.165) is 21.1 Å². The molecule has 0 N–H and O–H groups in total. The van der Waals surface area contributed by atoms with Gasteiger partial charge in [-0.3, -0.25) is 0 Å². The summed E-state index contributed by atoms with van der Waals surface area (Å²) >= 11 is 6.03. The number of benzene rings is 2. The van der Waals surface area contributed by atoms with Crippen molar-refractivity contribution >= 4 is 33.7 Å². The zero-order valence-electron chi connectivity index (χ0n) is 23.5. The molecular weight excluding hydrogens is 610 g/mol. The predicted molar refractivity (Wildman–Crippen MR) is 154 cm³/mol. The van der Waals surface area contributed by atoms with Crippen LogP contribution in [0.15, 0.2) is 54.2 Å². The van der Waals surface area contributed by atoms with Gasteiger partial charge in [-0.1, -0.05) is 30.2 Å². The maximum atomic E-state index is 13.5. The van der Waals surface area contributed by atoms with E-state index in [2.05, 4.69) is 5.10 Å². The summed E-state index contributed by atoms with van der Waals surface area (Å²) in [5.41, 5.74) is 3.54. The van der Waals surface area contributed by atoms with Gasteiger partial charge in [0.1, 0.15) is 5.82 Å². The minimum Gasteiger partial charge on any atom is -0.465 e. The number of methoxy groups -OCH3 is 1. The zero-order valence-corrected chi connectivity index (χ0v) is 25.1. The third kappa shape index (κ3) is 6.51. The molecule has 2 aliphatic rings. The summed E-state index contributed by atoms with van der Waals surface area (Å²) in [6.07, 6.45) is 0.554. The second-order valence-electron chi connectivity index (χ2n) is 11.2. The van der Waals surface area contributed by atoms with Crippen molar-refractivity contribution in [1.82, 2.24) is 14.1 Å². The summed E-state index contributed by atoms with van der Waals surface area (Å²) in [7, 11) is -3.55. The van der Waals surface area contributed by atoms with Gasteiger partial charge in [-0.25, -0.2) is 26.6 Å². The van der Waals surface area contributed by atoms with Gasteiger partial charge in [0.25, 0.3) is 0 Å². The third-order valence-electron chi connectivity index (χ3n) is 8.49. The Bertz CT molecular complexity index is 1670. The zero-order chi connectivity index (χ0) is 31.2. The predicted octanol–water partition coefficient (Wildman–Crippen LogP) is 6.24. The van der Waals surface area contributed by atoms with Crippen LogP contribution in [0.25, 0.3) is 11.8 Å². The van der Waals surface area contributed by atoms with Crippen molar-refractivity contribution in [3.8, 4) is 5.69 Å². The van der Waals surface area contributed by atoms with Crippen molar-refractivity contribution in [1.29, 1.82) is 0 Å². The van der Waals surface area contributed by atoms with Crippen LogP contribution in [0.1, 0.15) is 46.9 Å². The van der Waals surface area contributed by atoms with Crippen molar-refractivity contribution in [2.45, 2.75) is 38.8 Å². The van der Waals surface area contributed by atoms with E-state index in [9.17, 15) is 30.8 Å². The Morgan fingerprint density at radius 1 is 1.21 bits per heavy atom. The molecular formula is C30H30ClF4N3O4S. The number of carbonyl (C=O) groups is 1. The first kappa shape index (κ1) is 31.2. The van der Waals surface area contributed by atoms with Crippen LogP contribution in [0.3, 0.4) is 0 Å². The van der Waals surface area contributed by atoms with Gasteiger partial charge in [0, 0.05) is 18.1 Å². The van der Waals surface area contributed by atoms with Crippen LogP contribution in [0.5, 0.6) is 0 Å². The van der Waals surface area contributed by atoms with Gasteiger partial charge in [-0.05, 0) is 90.6 Å². The second kappa shape index (κ2) is 11.7. The van der Waals surface area contributed by atoms with E-state index >= 15 is 0 Å². The smallest absolute Gasteiger partial charge is 0.404 e. The maximum absolute atomic E-state index is 13.5. The van der Waals surface area contributed by atoms with E-state index in [1.807, 2.05) is 13.0 Å². The highest BCUT2D eigenvalue weighted by molar-refractivity contribution is 7.89. The standard InChI is InChI=1S/C30H30ClF4N3O4S/c1-29-15-20-16-36-38(25-9-7-24(32)8-10-25)27(20)13-21(29)4-5-22(29)17-37(43(40,41)18-30(33,34)35)12-11-19-3-6-23(31)14-26(19)28(39)42-2/h3,6-10,13-14,16,22H,4-5,11-12,15,17-18H2,1-2H3/t22-,29+/m1/s1. The number of hydrogen-bond acceptors (Lipinski definition) is 5. The lowest BCUT2D eigenvalue weighted by molar-refractivity contribution is -0.107. The van der Waals surface area contributed by atoms with E-state index in [-0.39, 0.29) is 41.8 Å². The molecule has 0 unspecified atom stereocenters. The average Bonchev–Trinajstić information content (AvgIpc) is 3.47. The molecule has 43 heavy (non-hydrogen) atoms. The summed E-state index contributed by atoms with van der Waals surface area (Å²) in [5.74, 6) is -3.30. The van der Waals surface area contributed by atoms with Gasteiger partial charge in [0.05, 0.1) is 30.3 Å². The maximum Gasteiger partial charge on any atom is 0.404 e. The number of allylic oxidation sites excluding steroid dienone is 1. The van der Waals surface area contributed by atoms with E-state index in [4.69, 9.17) is 16.3 Å². The molecule has 0 spiro atoms. The highest BCUT2D eigenvalue weighted by Gasteiger charge is 2.48. The Labute approximate surface area is 252 Å². The first-order valence-electron chi connectivity index (χ1n) is 13.7. The SMILES string of the molecule is COC(=O)c1cc(Cl)ccc1CCN(C[C@H]1CCC2=Cc3c(cnn3-c3ccc(F)cc3)C[C@@]21C)S(=O)(=O)CC(F)(F)F. The average molecular weight is 640 g/mol. The van der Waals surface area contributed by atoms with E-state index in [0.29, 0.717) is 30.5 Å². The van der Waals surface area contributed by atoms with Crippen LogP contribution in [-0.4, -0.2) is 60.6 Å². The van der Waals surface area contributed by atoms with Crippen molar-refractivity contribution in [2.24, 2.45) is 11.3 Å². The molecule has 1 saturated carbocycles. The molecule has 0 amide bonds. The summed E-state index contributed by atoms with van der Waals surface area (Å²) in [5, 5.41) is 4.76. The Morgan fingerprint density at radius 2 is 1.93 bits per heavy atom. The van der Waals surface area contributed by atoms with Crippen LogP contribution in [0, 0.1) is 17.2 Å². The van der Waals surface area contributed by atoms with Gasteiger partial charge in [-0.15, -0.1) is 0 Å². The number of aromatic nitrogens is 2. The molecule has 5 rings (SSSR count). The molecule has 1 aromatic heterocycles. The van der Waals surface area contributed by atoms with Crippen LogP contribution in [0.4, 0.5) is 17.6 Å². The minimum atomic E-state index is -4.92. The number of halogens is 5. The molecule has 7 nitrogen and oxygen atoms in total. The topological polar surface area (TPSA) is 81.5 Å². The highest BCUT2D eigenvalue weighted by atomic mass is 35.5. The normalized spacial score (nSPS) is 20.1. The van der Waals surface area contributed by atoms with Crippen molar-refractivity contribution in [3.05, 3.63) is 87.5 Å². The first-order chi connectivity index (χ1) is 20.2. The Morgan fingerprint density at radius 3 is 2.60 bits per heavy atom. The summed E-state index contributed by atoms with van der Waals surface area (Å²) in [6.45, 7) is 1.63.